The summed E-state index contributed by atoms with van der Waals surface area (Å²) in [5, 5.41) is 3.11. The first-order chi connectivity index (χ1) is 15.7. The summed E-state index contributed by atoms with van der Waals surface area (Å²) in [7, 11) is 0. The second-order valence-corrected chi connectivity index (χ2v) is 11.1. The quantitative estimate of drug-likeness (QED) is 0.678. The predicted molar refractivity (Wildman–Crippen MR) is 130 cm³/mol. The van der Waals surface area contributed by atoms with Crippen molar-refractivity contribution in [3.63, 3.8) is 0 Å². The topological polar surface area (TPSA) is 48.5 Å². The van der Waals surface area contributed by atoms with Gasteiger partial charge in [0, 0.05) is 31.9 Å². The van der Waals surface area contributed by atoms with Crippen molar-refractivity contribution in [1.29, 1.82) is 0 Å². The SMILES string of the molecule is O=C(NCCC1CCCCC1)c1ccc(N2CCC3(CC2)CCN(C2CCC2)CC3)nc1. The van der Waals surface area contributed by atoms with E-state index in [1.54, 1.807) is 6.20 Å². The van der Waals surface area contributed by atoms with Gasteiger partial charge in [-0.1, -0.05) is 38.5 Å². The highest BCUT2D eigenvalue weighted by Gasteiger charge is 2.39. The molecule has 4 aliphatic rings. The summed E-state index contributed by atoms with van der Waals surface area (Å²) in [6, 6.07) is 4.91. The molecule has 32 heavy (non-hydrogen) atoms. The summed E-state index contributed by atoms with van der Waals surface area (Å²) >= 11 is 0. The van der Waals surface area contributed by atoms with Gasteiger partial charge in [0.15, 0.2) is 0 Å². The number of aromatic nitrogens is 1. The zero-order chi connectivity index (χ0) is 21.8. The molecular weight excluding hydrogens is 396 g/mol. The number of piperidine rings is 2. The fraction of sp³-hybridized carbons (Fsp3) is 0.778. The van der Waals surface area contributed by atoms with Gasteiger partial charge in [-0.3, -0.25) is 4.79 Å². The maximum Gasteiger partial charge on any atom is 0.252 e. The van der Waals surface area contributed by atoms with E-state index >= 15 is 0 Å². The van der Waals surface area contributed by atoms with Gasteiger partial charge in [-0.15, -0.1) is 0 Å². The molecule has 2 aliphatic carbocycles. The molecule has 0 bridgehead atoms. The van der Waals surface area contributed by atoms with Crippen LogP contribution in [0, 0.1) is 11.3 Å². The fourth-order valence-electron chi connectivity index (χ4n) is 6.50. The second kappa shape index (κ2) is 10.1. The third-order valence-corrected chi connectivity index (χ3v) is 9.17. The van der Waals surface area contributed by atoms with E-state index in [0.717, 1.165) is 43.8 Å². The molecule has 1 amide bonds. The van der Waals surface area contributed by atoms with Gasteiger partial charge in [0.05, 0.1) is 5.56 Å². The van der Waals surface area contributed by atoms with Gasteiger partial charge in [-0.25, -0.2) is 4.98 Å². The zero-order valence-corrected chi connectivity index (χ0v) is 19.9. The van der Waals surface area contributed by atoms with Gasteiger partial charge in [-0.2, -0.15) is 0 Å². The number of rotatable bonds is 6. The molecule has 5 nitrogen and oxygen atoms in total. The largest absolute Gasteiger partial charge is 0.357 e. The molecule has 176 valence electrons. The molecule has 2 aliphatic heterocycles. The highest BCUT2D eigenvalue weighted by molar-refractivity contribution is 5.94. The fourth-order valence-corrected chi connectivity index (χ4v) is 6.50. The molecule has 4 fully saturated rings. The third kappa shape index (κ3) is 5.13. The zero-order valence-electron chi connectivity index (χ0n) is 19.9. The average Bonchev–Trinajstić information content (AvgIpc) is 2.81. The van der Waals surface area contributed by atoms with E-state index < -0.39 is 0 Å². The Morgan fingerprint density at radius 1 is 0.938 bits per heavy atom. The van der Waals surface area contributed by atoms with Crippen molar-refractivity contribution >= 4 is 11.7 Å². The van der Waals surface area contributed by atoms with Gasteiger partial charge < -0.3 is 15.1 Å². The number of carbonyl (C=O) groups is 1. The molecule has 0 radical (unpaired) electrons. The first-order valence-electron chi connectivity index (χ1n) is 13.4. The molecule has 1 aromatic heterocycles. The molecule has 5 heteroatoms. The second-order valence-electron chi connectivity index (χ2n) is 11.1. The number of amides is 1. The lowest BCUT2D eigenvalue weighted by Gasteiger charge is -2.50. The normalized spacial score (nSPS) is 24.9. The van der Waals surface area contributed by atoms with Crippen LogP contribution in [0.1, 0.15) is 93.8 Å². The van der Waals surface area contributed by atoms with Crippen molar-refractivity contribution < 1.29 is 4.79 Å². The average molecular weight is 439 g/mol. The van der Waals surface area contributed by atoms with Gasteiger partial charge in [0.25, 0.3) is 5.91 Å². The molecule has 5 rings (SSSR count). The molecule has 1 aromatic rings. The monoisotopic (exact) mass is 438 g/mol. The van der Waals surface area contributed by atoms with E-state index in [9.17, 15) is 4.79 Å². The number of anilines is 1. The van der Waals surface area contributed by atoms with E-state index in [0.29, 0.717) is 11.0 Å². The van der Waals surface area contributed by atoms with Gasteiger partial charge in [-0.05, 0) is 81.5 Å². The first-order valence-corrected chi connectivity index (χ1v) is 13.4. The molecule has 2 saturated carbocycles. The molecule has 2 saturated heterocycles. The van der Waals surface area contributed by atoms with E-state index in [1.165, 1.54) is 90.1 Å². The molecule has 0 atom stereocenters. The maximum absolute atomic E-state index is 12.5. The van der Waals surface area contributed by atoms with Crippen LogP contribution in [0.2, 0.25) is 0 Å². The van der Waals surface area contributed by atoms with Crippen LogP contribution in [0.15, 0.2) is 18.3 Å². The van der Waals surface area contributed by atoms with Crippen molar-refractivity contribution in [3.05, 3.63) is 23.9 Å². The Morgan fingerprint density at radius 3 is 2.28 bits per heavy atom. The van der Waals surface area contributed by atoms with Crippen molar-refractivity contribution in [2.75, 3.05) is 37.6 Å². The molecular formula is C27H42N4O. The summed E-state index contributed by atoms with van der Waals surface area (Å²) < 4.78 is 0. The standard InChI is InChI=1S/C27H42N4O/c32-26(28-16-11-22-5-2-1-3-6-22)23-9-10-25(29-21-23)31-19-14-27(15-20-31)12-17-30(18-13-27)24-7-4-8-24/h9-10,21-22,24H,1-8,11-20H2,(H,28,32). The van der Waals surface area contributed by atoms with E-state index in [1.807, 2.05) is 12.1 Å². The van der Waals surface area contributed by atoms with Crippen LogP contribution >= 0.6 is 0 Å². The minimum absolute atomic E-state index is 0.0238. The summed E-state index contributed by atoms with van der Waals surface area (Å²) in [6.45, 7) is 5.62. The lowest BCUT2D eigenvalue weighted by atomic mass is 9.70. The van der Waals surface area contributed by atoms with Crippen LogP contribution in [-0.4, -0.2) is 54.6 Å². The van der Waals surface area contributed by atoms with Crippen molar-refractivity contribution in [2.45, 2.75) is 89.5 Å². The van der Waals surface area contributed by atoms with Crippen LogP contribution in [0.4, 0.5) is 5.82 Å². The highest BCUT2D eigenvalue weighted by atomic mass is 16.1. The number of pyridine rings is 1. The molecule has 0 unspecified atom stereocenters. The van der Waals surface area contributed by atoms with E-state index in [-0.39, 0.29) is 5.91 Å². The number of hydrogen-bond acceptors (Lipinski definition) is 4. The lowest BCUT2D eigenvalue weighted by Crippen LogP contribution is -2.51. The van der Waals surface area contributed by atoms with Gasteiger partial charge >= 0.3 is 0 Å². The van der Waals surface area contributed by atoms with Crippen LogP contribution in [0.3, 0.4) is 0 Å². The molecule has 1 spiro atoms. The predicted octanol–water partition coefficient (Wildman–Crippen LogP) is 5.02. The number of nitrogens with one attached hydrogen (secondary N) is 1. The Morgan fingerprint density at radius 2 is 1.66 bits per heavy atom. The Hall–Kier alpha value is -1.62. The molecule has 1 N–H and O–H groups in total. The number of nitrogens with zero attached hydrogens (tertiary/aromatic N) is 3. The van der Waals surface area contributed by atoms with Crippen molar-refractivity contribution in [1.82, 2.24) is 15.2 Å². The Labute approximate surface area is 194 Å². The summed E-state index contributed by atoms with van der Waals surface area (Å²) in [5.41, 5.74) is 1.25. The summed E-state index contributed by atoms with van der Waals surface area (Å²) in [6.07, 6.45) is 19.3. The number of likely N-dealkylation sites (tertiary alicyclic amines) is 1. The van der Waals surface area contributed by atoms with Gasteiger partial charge in [0.1, 0.15) is 5.82 Å². The van der Waals surface area contributed by atoms with Crippen molar-refractivity contribution in [3.8, 4) is 0 Å². The van der Waals surface area contributed by atoms with E-state index in [2.05, 4.69) is 20.1 Å². The van der Waals surface area contributed by atoms with Crippen LogP contribution in [-0.2, 0) is 0 Å². The summed E-state index contributed by atoms with van der Waals surface area (Å²) in [4.78, 5) is 22.4. The first kappa shape index (κ1) is 22.2. The number of carbonyl (C=O) groups excluding carboxylic acids is 1. The van der Waals surface area contributed by atoms with Crippen LogP contribution in [0.25, 0.3) is 0 Å². The molecule has 3 heterocycles. The maximum atomic E-state index is 12.5. The third-order valence-electron chi connectivity index (χ3n) is 9.17. The van der Waals surface area contributed by atoms with Crippen molar-refractivity contribution in [2.24, 2.45) is 11.3 Å². The summed E-state index contributed by atoms with van der Waals surface area (Å²) in [5.74, 6) is 1.86. The van der Waals surface area contributed by atoms with Crippen LogP contribution < -0.4 is 10.2 Å². The lowest BCUT2D eigenvalue weighted by molar-refractivity contribution is 0.0305. The highest BCUT2D eigenvalue weighted by Crippen LogP contribution is 2.43. The smallest absolute Gasteiger partial charge is 0.252 e. The Bertz CT molecular complexity index is 735. The van der Waals surface area contributed by atoms with Gasteiger partial charge in [0.2, 0.25) is 0 Å². The minimum Gasteiger partial charge on any atom is -0.357 e. The Kier molecular flexibility index (Phi) is 7.01. The molecule has 0 aromatic carbocycles. The number of hydrogen-bond donors (Lipinski definition) is 1. The minimum atomic E-state index is 0.0238. The van der Waals surface area contributed by atoms with Crippen LogP contribution in [0.5, 0.6) is 0 Å². The van der Waals surface area contributed by atoms with E-state index in [4.69, 9.17) is 0 Å². The Balaban J connectivity index is 1.06.